The molecule has 0 spiro atoms. The summed E-state index contributed by atoms with van der Waals surface area (Å²) in [5, 5.41) is 4.96. The number of anilines is 2. The van der Waals surface area contributed by atoms with Gasteiger partial charge in [-0.2, -0.15) is 0 Å². The van der Waals surface area contributed by atoms with Crippen LogP contribution in [0.1, 0.15) is 43.8 Å². The Labute approximate surface area is 236 Å². The van der Waals surface area contributed by atoms with Gasteiger partial charge in [-0.15, -0.1) is 11.3 Å². The normalized spacial score (nSPS) is 17.7. The van der Waals surface area contributed by atoms with Gasteiger partial charge in [-0.1, -0.05) is 18.2 Å². The fraction of sp³-hybridized carbons (Fsp3) is 0.290. The van der Waals surface area contributed by atoms with Crippen LogP contribution in [-0.4, -0.2) is 52.9 Å². The predicted molar refractivity (Wildman–Crippen MR) is 157 cm³/mol. The maximum atomic E-state index is 13.4. The van der Waals surface area contributed by atoms with Gasteiger partial charge in [0.25, 0.3) is 17.4 Å². The maximum absolute atomic E-state index is 13.4. The Morgan fingerprint density at radius 1 is 1.05 bits per heavy atom. The highest BCUT2D eigenvalue weighted by Crippen LogP contribution is 2.39. The van der Waals surface area contributed by atoms with E-state index >= 15 is 0 Å². The largest absolute Gasteiger partial charge is 0.369 e. The predicted octanol–water partition coefficient (Wildman–Crippen LogP) is 4.50. The molecule has 2 aliphatic rings. The fourth-order valence-corrected chi connectivity index (χ4v) is 6.50. The Balaban J connectivity index is 1.27. The number of hydrogen-bond donors (Lipinski definition) is 1. The summed E-state index contributed by atoms with van der Waals surface area (Å²) in [6.07, 6.45) is 3.45. The number of fused-ring (bicyclic) bond motifs is 4. The molecule has 1 N–H and O–H groups in total. The molecule has 2 unspecified atom stereocenters. The van der Waals surface area contributed by atoms with E-state index in [2.05, 4.69) is 15.2 Å². The second-order valence-corrected chi connectivity index (χ2v) is 11.5. The first-order valence-corrected chi connectivity index (χ1v) is 14.4. The molecule has 0 radical (unpaired) electrons. The first-order valence-electron chi connectivity index (χ1n) is 13.6. The van der Waals surface area contributed by atoms with Crippen molar-refractivity contribution in [1.82, 2.24) is 14.5 Å². The minimum Gasteiger partial charge on any atom is -0.369 e. The average molecular weight is 554 g/mol. The number of nitrogens with one attached hydrogen (secondary N) is 1. The van der Waals surface area contributed by atoms with Crippen molar-refractivity contribution in [3.8, 4) is 0 Å². The molecule has 2 aliphatic heterocycles. The Morgan fingerprint density at radius 2 is 1.95 bits per heavy atom. The molecule has 204 valence electrons. The summed E-state index contributed by atoms with van der Waals surface area (Å²) in [5.74, 6) is 0.240. The number of aromatic nitrogens is 2. The number of carbonyl (C=O) groups is 2. The van der Waals surface area contributed by atoms with E-state index in [-0.39, 0.29) is 23.3 Å². The van der Waals surface area contributed by atoms with Gasteiger partial charge in [0.2, 0.25) is 0 Å². The highest BCUT2D eigenvalue weighted by Gasteiger charge is 2.35. The average Bonchev–Trinajstić information content (AvgIpc) is 3.52. The van der Waals surface area contributed by atoms with Gasteiger partial charge in [0, 0.05) is 74.8 Å². The third-order valence-corrected chi connectivity index (χ3v) is 8.70. The number of hydrogen-bond acceptors (Lipinski definition) is 6. The molecular weight excluding hydrogens is 522 g/mol. The van der Waals surface area contributed by atoms with Crippen LogP contribution < -0.4 is 15.8 Å². The van der Waals surface area contributed by atoms with Gasteiger partial charge in [-0.3, -0.25) is 19.4 Å². The summed E-state index contributed by atoms with van der Waals surface area (Å²) >= 11 is 1.38. The first-order chi connectivity index (χ1) is 19.5. The second-order valence-electron chi connectivity index (χ2n) is 10.6. The van der Waals surface area contributed by atoms with Gasteiger partial charge < -0.3 is 19.7 Å². The summed E-state index contributed by atoms with van der Waals surface area (Å²) in [6, 6.07) is 20.5. The van der Waals surface area contributed by atoms with E-state index < -0.39 is 0 Å². The van der Waals surface area contributed by atoms with Crippen LogP contribution in [0.25, 0.3) is 0 Å². The number of amides is 2. The Morgan fingerprint density at radius 3 is 2.75 bits per heavy atom. The molecule has 2 atom stereocenters. The van der Waals surface area contributed by atoms with E-state index in [9.17, 15) is 14.4 Å². The molecule has 5 heterocycles. The molecule has 0 saturated carbocycles. The van der Waals surface area contributed by atoms with Crippen molar-refractivity contribution >= 4 is 34.5 Å². The fourth-order valence-electron chi connectivity index (χ4n) is 5.88. The van der Waals surface area contributed by atoms with Crippen LogP contribution >= 0.6 is 11.3 Å². The highest BCUT2D eigenvalue weighted by atomic mass is 32.1. The zero-order valence-electron chi connectivity index (χ0n) is 22.3. The number of thiophene rings is 1. The highest BCUT2D eigenvalue weighted by molar-refractivity contribution is 7.12. The van der Waals surface area contributed by atoms with Crippen LogP contribution in [-0.2, 0) is 13.0 Å². The van der Waals surface area contributed by atoms with Gasteiger partial charge in [-0.05, 0) is 60.2 Å². The number of pyridine rings is 2. The molecule has 3 aromatic heterocycles. The van der Waals surface area contributed by atoms with Crippen molar-refractivity contribution < 1.29 is 9.59 Å². The van der Waals surface area contributed by atoms with Crippen molar-refractivity contribution in [2.24, 2.45) is 5.92 Å². The molecule has 1 aromatic carbocycles. The lowest BCUT2D eigenvalue weighted by molar-refractivity contribution is 0.0796. The lowest BCUT2D eigenvalue weighted by atomic mass is 9.83. The van der Waals surface area contributed by atoms with Crippen molar-refractivity contribution in [3.05, 3.63) is 110 Å². The zero-order chi connectivity index (χ0) is 27.6. The van der Waals surface area contributed by atoms with E-state index in [1.165, 1.54) is 11.3 Å². The minimum absolute atomic E-state index is 0.0552. The molecule has 2 amide bonds. The number of nitrogens with zero attached hydrogens (tertiary/aromatic N) is 4. The van der Waals surface area contributed by atoms with E-state index in [4.69, 9.17) is 0 Å². The molecule has 1 fully saturated rings. The molecule has 0 aliphatic carbocycles. The van der Waals surface area contributed by atoms with E-state index in [0.29, 0.717) is 41.6 Å². The lowest BCUT2D eigenvalue weighted by Crippen LogP contribution is -2.47. The molecule has 40 heavy (non-hydrogen) atoms. The van der Waals surface area contributed by atoms with Crippen molar-refractivity contribution in [1.29, 1.82) is 0 Å². The summed E-state index contributed by atoms with van der Waals surface area (Å²) in [5.41, 5.74) is 4.08. The van der Waals surface area contributed by atoms with Crippen LogP contribution in [0.2, 0.25) is 0 Å². The van der Waals surface area contributed by atoms with Crippen LogP contribution in [0.5, 0.6) is 0 Å². The van der Waals surface area contributed by atoms with E-state index in [1.807, 2.05) is 58.5 Å². The quantitative estimate of drug-likeness (QED) is 0.364. The second kappa shape index (κ2) is 11.1. The molecule has 9 heteroatoms. The Kier molecular flexibility index (Phi) is 7.21. The van der Waals surface area contributed by atoms with Gasteiger partial charge in [0.05, 0.1) is 16.3 Å². The molecular formula is C31H31N5O3S. The van der Waals surface area contributed by atoms with Gasteiger partial charge in [-0.25, -0.2) is 0 Å². The Hall–Kier alpha value is -4.24. The van der Waals surface area contributed by atoms with Crippen LogP contribution in [0.4, 0.5) is 11.4 Å². The standard InChI is InChI=1S/C31H31N5O3S/c1-34(14-12-24-6-2-3-13-32-24)31(39)22-10-11-27(25(17-22)33-30(38)28-8-5-15-40-28)35-18-21-16-23(20-35)26-7-4-9-29(37)36(26)19-21/h2-11,13,15,17,21,23H,12,14,16,18-20H2,1H3,(H,33,38). The summed E-state index contributed by atoms with van der Waals surface area (Å²) in [4.78, 5) is 47.9. The van der Waals surface area contributed by atoms with Crippen LogP contribution in [0.3, 0.4) is 0 Å². The maximum Gasteiger partial charge on any atom is 0.265 e. The molecule has 2 bridgehead atoms. The smallest absolute Gasteiger partial charge is 0.265 e. The van der Waals surface area contributed by atoms with Crippen molar-refractivity contribution in [2.45, 2.75) is 25.3 Å². The number of likely N-dealkylation sites (N-methyl/N-ethyl adjacent to an activating group) is 1. The first kappa shape index (κ1) is 26.0. The number of carbonyl (C=O) groups excluding carboxylic acids is 2. The minimum atomic E-state index is -0.196. The van der Waals surface area contributed by atoms with Crippen LogP contribution in [0, 0.1) is 5.92 Å². The van der Waals surface area contributed by atoms with Gasteiger partial charge >= 0.3 is 0 Å². The topological polar surface area (TPSA) is 87.5 Å². The number of piperidine rings is 1. The SMILES string of the molecule is CN(CCc1ccccn1)C(=O)c1ccc(N2CC3CC(C2)c2cccc(=O)n2C3)c(NC(=O)c2cccs2)c1. The van der Waals surface area contributed by atoms with Gasteiger partial charge in [0.1, 0.15) is 0 Å². The summed E-state index contributed by atoms with van der Waals surface area (Å²) in [6.45, 7) is 2.73. The molecule has 8 nitrogen and oxygen atoms in total. The van der Waals surface area contributed by atoms with E-state index in [1.54, 1.807) is 36.3 Å². The van der Waals surface area contributed by atoms with Crippen molar-refractivity contribution in [2.75, 3.05) is 36.9 Å². The molecule has 6 rings (SSSR count). The lowest BCUT2D eigenvalue weighted by Gasteiger charge is -2.44. The number of rotatable bonds is 7. The molecule has 1 saturated heterocycles. The third-order valence-electron chi connectivity index (χ3n) is 7.83. The van der Waals surface area contributed by atoms with Gasteiger partial charge in [0.15, 0.2) is 0 Å². The van der Waals surface area contributed by atoms with Crippen molar-refractivity contribution in [3.63, 3.8) is 0 Å². The van der Waals surface area contributed by atoms with E-state index in [0.717, 1.165) is 36.6 Å². The van der Waals surface area contributed by atoms with Crippen LogP contribution in [0.15, 0.2) is 83.1 Å². The third kappa shape index (κ3) is 5.29. The zero-order valence-corrected chi connectivity index (χ0v) is 23.1. The summed E-state index contributed by atoms with van der Waals surface area (Å²) < 4.78 is 1.91. The Bertz CT molecular complexity index is 1580. The molecule has 4 aromatic rings. The summed E-state index contributed by atoms with van der Waals surface area (Å²) in [7, 11) is 1.79. The monoisotopic (exact) mass is 553 g/mol. The number of benzene rings is 1.